The number of aryl methyl sites for hydroxylation is 1. The van der Waals surface area contributed by atoms with Crippen molar-refractivity contribution in [2.75, 3.05) is 0 Å². The van der Waals surface area contributed by atoms with Crippen molar-refractivity contribution in [3.8, 4) is 0 Å². The Morgan fingerprint density at radius 2 is 2.27 bits per heavy atom. The van der Waals surface area contributed by atoms with Crippen molar-refractivity contribution in [3.05, 3.63) is 46.3 Å². The lowest BCUT2D eigenvalue weighted by Gasteiger charge is -2.33. The lowest BCUT2D eigenvalue weighted by atomic mass is 10.1. The molecular weight excluding hydrogens is 311 g/mol. The van der Waals surface area contributed by atoms with Crippen molar-refractivity contribution in [2.24, 2.45) is 0 Å². The first-order valence-electron chi connectivity index (χ1n) is 6.75. The normalized spacial score (nSPS) is 18.2. The van der Waals surface area contributed by atoms with Crippen LogP contribution >= 0.6 is 11.6 Å². The van der Waals surface area contributed by atoms with Crippen LogP contribution in [0.5, 0.6) is 0 Å². The van der Waals surface area contributed by atoms with E-state index < -0.39 is 17.8 Å². The quantitative estimate of drug-likeness (QED) is 0.933. The Morgan fingerprint density at radius 3 is 3.00 bits per heavy atom. The number of carboxylic acid groups (broad SMARTS) is 1. The van der Waals surface area contributed by atoms with Crippen LogP contribution in [-0.2, 0) is 24.4 Å². The minimum atomic E-state index is -0.939. The van der Waals surface area contributed by atoms with E-state index in [2.05, 4.69) is 10.2 Å². The third-order valence-electron chi connectivity index (χ3n) is 3.82. The van der Waals surface area contributed by atoms with E-state index in [-0.39, 0.29) is 13.1 Å². The van der Waals surface area contributed by atoms with Crippen molar-refractivity contribution in [2.45, 2.75) is 32.6 Å². The largest absolute Gasteiger partial charge is 0.480 e. The summed E-state index contributed by atoms with van der Waals surface area (Å²) in [6.07, 6.45) is 0. The molecule has 0 radical (unpaired) electrons. The molecule has 1 aliphatic heterocycles. The Labute approximate surface area is 131 Å². The Bertz CT molecular complexity index is 734. The van der Waals surface area contributed by atoms with E-state index in [1.807, 2.05) is 0 Å². The van der Waals surface area contributed by atoms with Crippen molar-refractivity contribution < 1.29 is 14.3 Å². The molecule has 2 heterocycles. The highest BCUT2D eigenvalue weighted by atomic mass is 35.5. The Kier molecular flexibility index (Phi) is 3.84. The minimum Gasteiger partial charge on any atom is -0.480 e. The highest BCUT2D eigenvalue weighted by Gasteiger charge is 2.33. The predicted octanol–water partition coefficient (Wildman–Crippen LogP) is 1.85. The van der Waals surface area contributed by atoms with Crippen LogP contribution in [0.2, 0.25) is 5.02 Å². The molecule has 1 aliphatic rings. The third kappa shape index (κ3) is 2.69. The zero-order chi connectivity index (χ0) is 15.9. The molecule has 1 unspecified atom stereocenters. The van der Waals surface area contributed by atoms with Gasteiger partial charge in [0, 0.05) is 11.6 Å². The summed E-state index contributed by atoms with van der Waals surface area (Å²) in [4.78, 5) is 13.3. The molecule has 2 aromatic rings. The number of rotatable bonds is 3. The number of aromatic nitrogens is 3. The molecule has 0 aliphatic carbocycles. The van der Waals surface area contributed by atoms with Gasteiger partial charge in [0.25, 0.3) is 0 Å². The molecule has 3 rings (SSSR count). The summed E-state index contributed by atoms with van der Waals surface area (Å²) in [5.41, 5.74) is 0.553. The van der Waals surface area contributed by atoms with Gasteiger partial charge in [-0.2, -0.15) is 0 Å². The minimum absolute atomic E-state index is 0.236. The number of benzene rings is 1. The number of nitrogens with zero attached hydrogens (tertiary/aromatic N) is 4. The maximum absolute atomic E-state index is 13.4. The average Bonchev–Trinajstić information content (AvgIpc) is 2.83. The van der Waals surface area contributed by atoms with Gasteiger partial charge in [-0.05, 0) is 30.7 Å². The van der Waals surface area contributed by atoms with Gasteiger partial charge >= 0.3 is 5.97 Å². The molecule has 0 bridgehead atoms. The maximum Gasteiger partial charge on any atom is 0.322 e. The molecule has 1 aromatic heterocycles. The fourth-order valence-corrected chi connectivity index (χ4v) is 2.82. The average molecular weight is 325 g/mol. The number of fused-ring (bicyclic) bond motifs is 1. The van der Waals surface area contributed by atoms with Gasteiger partial charge in [-0.15, -0.1) is 10.2 Å². The van der Waals surface area contributed by atoms with Crippen LogP contribution in [0.1, 0.15) is 17.2 Å². The van der Waals surface area contributed by atoms with Gasteiger partial charge < -0.3 is 9.67 Å². The van der Waals surface area contributed by atoms with Gasteiger partial charge in [0.15, 0.2) is 0 Å². The summed E-state index contributed by atoms with van der Waals surface area (Å²) in [6.45, 7) is 2.61. The van der Waals surface area contributed by atoms with E-state index in [9.17, 15) is 14.3 Å². The van der Waals surface area contributed by atoms with Crippen LogP contribution in [0.15, 0.2) is 18.2 Å². The van der Waals surface area contributed by atoms with Crippen LogP contribution in [0.4, 0.5) is 4.39 Å². The van der Waals surface area contributed by atoms with E-state index in [1.54, 1.807) is 16.4 Å². The molecule has 6 nitrogen and oxygen atoms in total. The molecule has 0 spiro atoms. The molecule has 0 amide bonds. The van der Waals surface area contributed by atoms with Gasteiger partial charge in [0.05, 0.1) is 13.1 Å². The van der Waals surface area contributed by atoms with Crippen LogP contribution in [0.25, 0.3) is 0 Å². The van der Waals surface area contributed by atoms with Crippen molar-refractivity contribution in [1.29, 1.82) is 0 Å². The fourth-order valence-electron chi connectivity index (χ4n) is 2.64. The Hall–Kier alpha value is -1.99. The first-order chi connectivity index (χ1) is 10.5. The Balaban J connectivity index is 1.91. The van der Waals surface area contributed by atoms with Crippen LogP contribution in [0.3, 0.4) is 0 Å². The van der Waals surface area contributed by atoms with E-state index in [0.717, 1.165) is 0 Å². The lowest BCUT2D eigenvalue weighted by molar-refractivity contribution is -0.145. The van der Waals surface area contributed by atoms with Crippen molar-refractivity contribution in [1.82, 2.24) is 19.7 Å². The number of hydrogen-bond acceptors (Lipinski definition) is 4. The third-order valence-corrected chi connectivity index (χ3v) is 4.19. The molecule has 0 fully saturated rings. The van der Waals surface area contributed by atoms with Gasteiger partial charge in [0.1, 0.15) is 23.5 Å². The molecule has 0 saturated carbocycles. The van der Waals surface area contributed by atoms with Crippen LogP contribution in [-0.4, -0.2) is 36.8 Å². The highest BCUT2D eigenvalue weighted by Crippen LogP contribution is 2.24. The lowest BCUT2D eigenvalue weighted by Crippen LogP contribution is -2.47. The second kappa shape index (κ2) is 5.66. The zero-order valence-electron chi connectivity index (χ0n) is 11.8. The summed E-state index contributed by atoms with van der Waals surface area (Å²) in [5.74, 6) is 0.0424. The molecule has 1 atom stereocenters. The summed E-state index contributed by atoms with van der Waals surface area (Å²) >= 11 is 6.07. The maximum atomic E-state index is 13.4. The monoisotopic (exact) mass is 324 g/mol. The number of halogens is 2. The van der Waals surface area contributed by atoms with E-state index in [0.29, 0.717) is 28.8 Å². The Morgan fingerprint density at radius 1 is 1.50 bits per heavy atom. The summed E-state index contributed by atoms with van der Waals surface area (Å²) in [7, 11) is 0. The topological polar surface area (TPSA) is 71.2 Å². The van der Waals surface area contributed by atoms with Gasteiger partial charge in [-0.25, -0.2) is 4.39 Å². The van der Waals surface area contributed by atoms with Crippen molar-refractivity contribution in [3.63, 3.8) is 0 Å². The number of hydrogen-bond donors (Lipinski definition) is 1. The van der Waals surface area contributed by atoms with Crippen molar-refractivity contribution >= 4 is 17.6 Å². The van der Waals surface area contributed by atoms with Crippen LogP contribution in [0, 0.1) is 12.7 Å². The fraction of sp³-hybridized carbons (Fsp3) is 0.357. The molecule has 22 heavy (non-hydrogen) atoms. The molecular formula is C14H14ClFN4O2. The van der Waals surface area contributed by atoms with E-state index in [4.69, 9.17) is 11.6 Å². The van der Waals surface area contributed by atoms with Gasteiger partial charge in [-0.1, -0.05) is 11.6 Å². The SMILES string of the molecule is Cc1nnc2n1CC(C(=O)O)N(Cc1cc(F)ccc1Cl)C2. The first kappa shape index (κ1) is 14.9. The molecule has 1 aromatic carbocycles. The zero-order valence-corrected chi connectivity index (χ0v) is 12.6. The standard InChI is InChI=1S/C14H14ClFN4O2/c1-8-17-18-13-7-19(12(14(21)22)6-20(8)13)5-9-4-10(16)2-3-11(9)15/h2-4,12H,5-7H2,1H3,(H,21,22). The molecule has 8 heteroatoms. The highest BCUT2D eigenvalue weighted by molar-refractivity contribution is 6.31. The second-order valence-corrected chi connectivity index (χ2v) is 5.68. The number of aliphatic carboxylic acids is 1. The van der Waals surface area contributed by atoms with Crippen LogP contribution < -0.4 is 0 Å². The summed E-state index contributed by atoms with van der Waals surface area (Å²) < 4.78 is 15.2. The summed E-state index contributed by atoms with van der Waals surface area (Å²) in [6, 6.07) is 3.34. The smallest absolute Gasteiger partial charge is 0.322 e. The predicted molar refractivity (Wildman–Crippen MR) is 76.8 cm³/mol. The molecule has 116 valence electrons. The second-order valence-electron chi connectivity index (χ2n) is 5.27. The summed E-state index contributed by atoms with van der Waals surface area (Å²) in [5, 5.41) is 17.9. The molecule has 1 N–H and O–H groups in total. The van der Waals surface area contributed by atoms with E-state index >= 15 is 0 Å². The van der Waals surface area contributed by atoms with Gasteiger partial charge in [-0.3, -0.25) is 9.69 Å². The molecule has 0 saturated heterocycles. The number of carboxylic acids is 1. The van der Waals surface area contributed by atoms with E-state index in [1.165, 1.54) is 18.2 Å². The first-order valence-corrected chi connectivity index (χ1v) is 7.13. The number of carbonyl (C=O) groups is 1. The van der Waals surface area contributed by atoms with Gasteiger partial charge in [0.2, 0.25) is 0 Å².